The quantitative estimate of drug-likeness (QED) is 0.321. The van der Waals surface area contributed by atoms with Crippen LogP contribution in [0.15, 0.2) is 30.3 Å². The zero-order valence-electron chi connectivity index (χ0n) is 11.4. The van der Waals surface area contributed by atoms with E-state index in [2.05, 4.69) is 22.2 Å². The van der Waals surface area contributed by atoms with E-state index < -0.39 is 31.9 Å². The van der Waals surface area contributed by atoms with E-state index in [0.29, 0.717) is 0 Å². The number of rotatable bonds is 8. The summed E-state index contributed by atoms with van der Waals surface area (Å²) >= 11 is 3.23. The van der Waals surface area contributed by atoms with Crippen molar-refractivity contribution in [1.29, 1.82) is 0 Å². The molecule has 1 aromatic rings. The van der Waals surface area contributed by atoms with E-state index in [1.807, 2.05) is 0 Å². The smallest absolute Gasteiger partial charge is 0.408 e. The maximum Gasteiger partial charge on any atom is 0.408 e. The van der Waals surface area contributed by atoms with Gasteiger partial charge in [0.1, 0.15) is 12.6 Å². The molecule has 0 aliphatic heterocycles. The number of carboxylic acid groups (broad SMARTS) is 1. The number of ether oxygens (including phenoxy) is 1. The fourth-order valence-corrected chi connectivity index (χ4v) is 2.41. The molecule has 1 amide bonds. The SMILES string of the molecule is O=C(N[C@@H](CCP(=O)(O)OS)C(=O)O)OCc1ccccc1. The minimum absolute atomic E-state index is 0.0166. The normalized spacial score (nSPS) is 14.6. The molecule has 1 unspecified atom stereocenters. The number of nitrogens with one attached hydrogen (secondary N) is 1. The Bertz CT molecular complexity index is 554. The molecule has 0 saturated carbocycles. The minimum Gasteiger partial charge on any atom is -0.480 e. The Morgan fingerprint density at radius 3 is 2.50 bits per heavy atom. The van der Waals surface area contributed by atoms with Gasteiger partial charge < -0.3 is 20.1 Å². The van der Waals surface area contributed by atoms with E-state index in [1.54, 1.807) is 30.3 Å². The molecule has 3 N–H and O–H groups in total. The minimum atomic E-state index is -3.96. The largest absolute Gasteiger partial charge is 0.480 e. The second-order valence-electron chi connectivity index (χ2n) is 4.33. The second kappa shape index (κ2) is 8.79. The van der Waals surface area contributed by atoms with Crippen LogP contribution in [0, 0.1) is 0 Å². The van der Waals surface area contributed by atoms with E-state index in [4.69, 9.17) is 14.7 Å². The van der Waals surface area contributed by atoms with Gasteiger partial charge in [-0.05, 0) is 24.9 Å². The standard InChI is InChI=1S/C12H16NO7PS/c14-11(15)10(6-7-21(17,18)20-22)13-12(16)19-8-9-4-2-1-3-5-9/h1-5,10,22H,6-8H2,(H,13,16)(H,14,15)(H,17,18)/t10-/m0/s1. The Morgan fingerprint density at radius 1 is 1.32 bits per heavy atom. The third-order valence-corrected chi connectivity index (χ3v) is 4.47. The highest BCUT2D eigenvalue weighted by molar-refractivity contribution is 7.81. The van der Waals surface area contributed by atoms with Gasteiger partial charge in [0.05, 0.1) is 6.16 Å². The first-order valence-corrected chi connectivity index (χ1v) is 8.32. The lowest BCUT2D eigenvalue weighted by Crippen LogP contribution is -2.41. The summed E-state index contributed by atoms with van der Waals surface area (Å²) < 4.78 is 20.1. The van der Waals surface area contributed by atoms with Crippen molar-refractivity contribution in [3.8, 4) is 0 Å². The van der Waals surface area contributed by atoms with Crippen molar-refractivity contribution < 1.29 is 32.9 Å². The van der Waals surface area contributed by atoms with Gasteiger partial charge in [-0.3, -0.25) is 4.57 Å². The van der Waals surface area contributed by atoms with Gasteiger partial charge >= 0.3 is 19.7 Å². The lowest BCUT2D eigenvalue weighted by molar-refractivity contribution is -0.139. The summed E-state index contributed by atoms with van der Waals surface area (Å²) in [6, 6.07) is 7.47. The van der Waals surface area contributed by atoms with E-state index in [1.165, 1.54) is 0 Å². The highest BCUT2D eigenvalue weighted by Crippen LogP contribution is 2.43. The molecule has 122 valence electrons. The topological polar surface area (TPSA) is 122 Å². The van der Waals surface area contributed by atoms with E-state index in [-0.39, 0.29) is 13.0 Å². The number of amides is 1. The zero-order valence-corrected chi connectivity index (χ0v) is 13.2. The first kappa shape index (κ1) is 18.5. The fraction of sp³-hybridized carbons (Fsp3) is 0.333. The Kier molecular flexibility index (Phi) is 7.40. The van der Waals surface area contributed by atoms with Gasteiger partial charge in [-0.2, -0.15) is 0 Å². The molecule has 2 atom stereocenters. The molecule has 0 bridgehead atoms. The number of carbonyl (C=O) groups is 2. The van der Waals surface area contributed by atoms with Crippen LogP contribution in [-0.2, 0) is 24.7 Å². The third kappa shape index (κ3) is 6.95. The Balaban J connectivity index is 2.47. The van der Waals surface area contributed by atoms with Crippen molar-refractivity contribution in [2.75, 3.05) is 6.16 Å². The molecule has 0 radical (unpaired) electrons. The average Bonchev–Trinajstić information content (AvgIpc) is 2.50. The summed E-state index contributed by atoms with van der Waals surface area (Å²) in [6.07, 6.45) is -1.70. The molecule has 1 rings (SSSR count). The van der Waals surface area contributed by atoms with Gasteiger partial charge in [0.15, 0.2) is 0 Å². The number of alkyl carbamates (subject to hydrolysis) is 1. The molecular formula is C12H16NO7PS. The maximum atomic E-state index is 11.6. The van der Waals surface area contributed by atoms with Crippen molar-refractivity contribution in [3.05, 3.63) is 35.9 Å². The van der Waals surface area contributed by atoms with Crippen LogP contribution in [0.4, 0.5) is 4.79 Å². The summed E-state index contributed by atoms with van der Waals surface area (Å²) in [4.78, 5) is 31.7. The molecule has 8 nitrogen and oxygen atoms in total. The summed E-state index contributed by atoms with van der Waals surface area (Å²) in [5, 5.41) is 11.1. The number of carbonyl (C=O) groups excluding carboxylic acids is 1. The van der Waals surface area contributed by atoms with Crippen molar-refractivity contribution in [2.45, 2.75) is 19.1 Å². The summed E-state index contributed by atoms with van der Waals surface area (Å²) in [6.45, 7) is -0.0166. The summed E-state index contributed by atoms with van der Waals surface area (Å²) in [7, 11) is -3.96. The first-order valence-electron chi connectivity index (χ1n) is 6.19. The first-order chi connectivity index (χ1) is 10.3. The second-order valence-corrected chi connectivity index (χ2v) is 6.70. The fourth-order valence-electron chi connectivity index (χ4n) is 1.50. The van der Waals surface area contributed by atoms with Crippen LogP contribution < -0.4 is 5.32 Å². The number of hydrogen-bond donors (Lipinski definition) is 4. The van der Waals surface area contributed by atoms with Crippen LogP contribution in [0.5, 0.6) is 0 Å². The highest BCUT2D eigenvalue weighted by atomic mass is 32.1. The van der Waals surface area contributed by atoms with Crippen molar-refractivity contribution in [1.82, 2.24) is 5.32 Å². The summed E-state index contributed by atoms with van der Waals surface area (Å²) in [5.41, 5.74) is 0.743. The van der Waals surface area contributed by atoms with Gasteiger partial charge in [0, 0.05) is 0 Å². The zero-order chi connectivity index (χ0) is 16.6. The third-order valence-electron chi connectivity index (χ3n) is 2.63. The monoisotopic (exact) mass is 349 g/mol. The molecule has 0 fully saturated rings. The van der Waals surface area contributed by atoms with Gasteiger partial charge in [-0.25, -0.2) is 13.6 Å². The maximum absolute atomic E-state index is 11.6. The predicted molar refractivity (Wildman–Crippen MR) is 80.6 cm³/mol. The van der Waals surface area contributed by atoms with Crippen molar-refractivity contribution in [3.63, 3.8) is 0 Å². The van der Waals surface area contributed by atoms with Crippen LogP contribution >= 0.6 is 20.5 Å². The lowest BCUT2D eigenvalue weighted by atomic mass is 10.2. The molecule has 0 aromatic heterocycles. The van der Waals surface area contributed by atoms with E-state index >= 15 is 0 Å². The molecule has 10 heteroatoms. The van der Waals surface area contributed by atoms with Crippen LogP contribution in [0.25, 0.3) is 0 Å². The lowest BCUT2D eigenvalue weighted by Gasteiger charge is -2.15. The van der Waals surface area contributed by atoms with Crippen LogP contribution in [-0.4, -0.2) is 34.3 Å². The van der Waals surface area contributed by atoms with Crippen molar-refractivity contribution >= 4 is 32.6 Å². The molecule has 0 heterocycles. The number of hydrogen-bond acceptors (Lipinski definition) is 6. The predicted octanol–water partition coefficient (Wildman–Crippen LogP) is 1.80. The van der Waals surface area contributed by atoms with Gasteiger partial charge in [0.2, 0.25) is 0 Å². The number of aliphatic carboxylic acids is 1. The number of thiol groups is 1. The molecule has 22 heavy (non-hydrogen) atoms. The van der Waals surface area contributed by atoms with Crippen LogP contribution in [0.2, 0.25) is 0 Å². The van der Waals surface area contributed by atoms with Crippen molar-refractivity contribution in [2.24, 2.45) is 0 Å². The highest BCUT2D eigenvalue weighted by Gasteiger charge is 2.26. The van der Waals surface area contributed by atoms with Crippen LogP contribution in [0.1, 0.15) is 12.0 Å². The van der Waals surface area contributed by atoms with E-state index in [9.17, 15) is 14.2 Å². The molecule has 0 spiro atoms. The molecule has 1 aromatic carbocycles. The van der Waals surface area contributed by atoms with E-state index in [0.717, 1.165) is 5.56 Å². The number of benzene rings is 1. The Labute approximate surface area is 132 Å². The van der Waals surface area contributed by atoms with Gasteiger partial charge in [-0.15, -0.1) is 0 Å². The van der Waals surface area contributed by atoms with Gasteiger partial charge in [-0.1, -0.05) is 30.3 Å². The number of carboxylic acids is 1. The molecule has 0 aliphatic carbocycles. The Morgan fingerprint density at radius 2 is 1.95 bits per heavy atom. The van der Waals surface area contributed by atoms with Gasteiger partial charge in [0.25, 0.3) is 0 Å². The molecule has 0 aliphatic rings. The summed E-state index contributed by atoms with van der Waals surface area (Å²) in [5.74, 6) is -1.35. The average molecular weight is 349 g/mol. The Hall–Kier alpha value is -1.54. The molecule has 0 saturated heterocycles. The van der Waals surface area contributed by atoms with Crippen LogP contribution in [0.3, 0.4) is 0 Å². The molecular weight excluding hydrogens is 333 g/mol.